The summed E-state index contributed by atoms with van der Waals surface area (Å²) in [5, 5.41) is 33.2. The van der Waals surface area contributed by atoms with Crippen molar-refractivity contribution >= 4 is 5.91 Å². The first-order valence-electron chi connectivity index (χ1n) is 24.4. The molecule has 0 radical (unpaired) electrons. The minimum absolute atomic E-state index is 0.00110. The van der Waals surface area contributed by atoms with Gasteiger partial charge < -0.3 is 20.6 Å². The smallest absolute Gasteiger partial charge is 0.222 e. The number of aliphatic hydroxyl groups excluding tert-OH is 3. The second-order valence-electron chi connectivity index (χ2n) is 16.7. The molecule has 0 aromatic heterocycles. The number of amides is 1. The minimum atomic E-state index is -0.960. The molecule has 5 heteroatoms. The summed E-state index contributed by atoms with van der Waals surface area (Å²) in [6, 6.07) is -0.768. The maximum Gasteiger partial charge on any atom is 0.222 e. The van der Waals surface area contributed by atoms with E-state index >= 15 is 0 Å². The highest BCUT2D eigenvalue weighted by atomic mass is 16.3. The van der Waals surface area contributed by atoms with E-state index in [0.29, 0.717) is 6.42 Å². The molecule has 0 rings (SSSR count). The maximum absolute atomic E-state index is 12.5. The van der Waals surface area contributed by atoms with Crippen molar-refractivity contribution in [2.24, 2.45) is 0 Å². The minimum Gasteiger partial charge on any atom is -0.394 e. The summed E-state index contributed by atoms with van der Waals surface area (Å²) in [6.07, 6.45) is 59.9. The van der Waals surface area contributed by atoms with Gasteiger partial charge in [0.15, 0.2) is 0 Å². The molecule has 0 heterocycles. The fraction of sp³-hybridized carbons (Fsp3) is 0.824. The Hall–Kier alpha value is -1.69. The van der Waals surface area contributed by atoms with Crippen molar-refractivity contribution in [1.29, 1.82) is 0 Å². The third-order valence-corrected chi connectivity index (χ3v) is 11.1. The molecule has 0 aliphatic heterocycles. The van der Waals surface area contributed by atoms with Crippen LogP contribution in [0.5, 0.6) is 0 Å². The number of hydrogen-bond acceptors (Lipinski definition) is 4. The highest BCUT2D eigenvalue weighted by Crippen LogP contribution is 2.15. The Labute approximate surface area is 348 Å². The number of allylic oxidation sites excluding steroid dienone is 7. The van der Waals surface area contributed by atoms with Crippen molar-refractivity contribution in [1.82, 2.24) is 5.32 Å². The van der Waals surface area contributed by atoms with E-state index in [9.17, 15) is 20.1 Å². The molecule has 0 saturated heterocycles. The Morgan fingerprint density at radius 1 is 0.446 bits per heavy atom. The average molecular weight is 786 g/mol. The van der Waals surface area contributed by atoms with Crippen LogP contribution >= 0.6 is 0 Å². The van der Waals surface area contributed by atoms with Crippen molar-refractivity contribution in [2.45, 2.75) is 263 Å². The van der Waals surface area contributed by atoms with Gasteiger partial charge in [0.2, 0.25) is 5.91 Å². The Balaban J connectivity index is 3.63. The van der Waals surface area contributed by atoms with E-state index in [2.05, 4.69) is 55.6 Å². The molecule has 0 aromatic carbocycles. The molecular formula is C51H95NO4. The SMILES string of the molecule is CCCCCCC/C=C/CC/C=C/CC/C=C/C(O)C(CO)NC(=O)CC(O)CCCCCCCCCCCC/C=C\CCCCCCCCCCCCCC. The number of nitrogens with one attached hydrogen (secondary N) is 1. The van der Waals surface area contributed by atoms with Gasteiger partial charge in [-0.05, 0) is 70.6 Å². The standard InChI is InChI=1S/C51H95NO4/c1-3-5-7-9-11-13-15-17-19-20-21-22-23-24-25-26-27-28-29-31-32-34-36-38-40-42-44-48(54)46-51(56)52-49(47-53)50(55)45-43-41-39-37-35-33-30-18-16-14-12-10-8-6-4-2/h16,18,24-25,35,37,43,45,48-50,53-55H,3-15,17,19-23,26-34,36,38-42,44,46-47H2,1-2H3,(H,52,56)/b18-16+,25-24-,37-35+,45-43+. The molecule has 1 amide bonds. The second-order valence-corrected chi connectivity index (χ2v) is 16.7. The maximum atomic E-state index is 12.5. The normalized spacial score (nSPS) is 13.9. The number of carbonyl (C=O) groups is 1. The summed E-state index contributed by atoms with van der Waals surface area (Å²) in [5.41, 5.74) is 0. The third kappa shape index (κ3) is 41.9. The van der Waals surface area contributed by atoms with E-state index in [0.717, 1.165) is 38.5 Å². The van der Waals surface area contributed by atoms with E-state index in [4.69, 9.17) is 0 Å². The van der Waals surface area contributed by atoms with Gasteiger partial charge in [0.25, 0.3) is 0 Å². The van der Waals surface area contributed by atoms with Crippen LogP contribution in [0.3, 0.4) is 0 Å². The van der Waals surface area contributed by atoms with Gasteiger partial charge in [-0.1, -0.05) is 217 Å². The van der Waals surface area contributed by atoms with Gasteiger partial charge >= 0.3 is 0 Å². The molecule has 5 nitrogen and oxygen atoms in total. The topological polar surface area (TPSA) is 89.8 Å². The third-order valence-electron chi connectivity index (χ3n) is 11.1. The summed E-state index contributed by atoms with van der Waals surface area (Å²) in [7, 11) is 0. The molecule has 328 valence electrons. The first-order valence-corrected chi connectivity index (χ1v) is 24.4. The molecule has 3 atom stereocenters. The van der Waals surface area contributed by atoms with Crippen LogP contribution in [-0.4, -0.2) is 46.1 Å². The van der Waals surface area contributed by atoms with Crippen molar-refractivity contribution in [3.05, 3.63) is 48.6 Å². The summed E-state index contributed by atoms with van der Waals surface area (Å²) in [6.45, 7) is 4.19. The second kappa shape index (κ2) is 46.0. The molecule has 0 aliphatic carbocycles. The number of hydrogen-bond donors (Lipinski definition) is 4. The fourth-order valence-electron chi connectivity index (χ4n) is 7.31. The predicted octanol–water partition coefficient (Wildman–Crippen LogP) is 14.5. The number of aliphatic hydroxyl groups is 3. The van der Waals surface area contributed by atoms with Crippen LogP contribution in [0.15, 0.2) is 48.6 Å². The summed E-state index contributed by atoms with van der Waals surface area (Å²) in [5.74, 6) is -0.330. The molecule has 56 heavy (non-hydrogen) atoms. The Morgan fingerprint density at radius 2 is 0.768 bits per heavy atom. The number of carbonyl (C=O) groups excluding carboxylic acids is 1. The lowest BCUT2D eigenvalue weighted by Crippen LogP contribution is -2.45. The van der Waals surface area contributed by atoms with Crippen molar-refractivity contribution in [3.63, 3.8) is 0 Å². The van der Waals surface area contributed by atoms with Crippen LogP contribution in [0, 0.1) is 0 Å². The summed E-state index contributed by atoms with van der Waals surface area (Å²) < 4.78 is 0. The van der Waals surface area contributed by atoms with E-state index in [1.54, 1.807) is 6.08 Å². The van der Waals surface area contributed by atoms with E-state index < -0.39 is 18.2 Å². The Bertz CT molecular complexity index is 912. The Morgan fingerprint density at radius 3 is 1.14 bits per heavy atom. The van der Waals surface area contributed by atoms with Crippen LogP contribution in [0.2, 0.25) is 0 Å². The number of rotatable bonds is 44. The lowest BCUT2D eigenvalue weighted by atomic mass is 10.0. The largest absolute Gasteiger partial charge is 0.394 e. The molecule has 0 spiro atoms. The molecule has 0 aromatic rings. The fourth-order valence-corrected chi connectivity index (χ4v) is 7.31. The van der Waals surface area contributed by atoms with Gasteiger partial charge in [0.05, 0.1) is 31.3 Å². The molecule has 0 saturated carbocycles. The highest BCUT2D eigenvalue weighted by Gasteiger charge is 2.20. The Kier molecular flexibility index (Phi) is 44.6. The van der Waals surface area contributed by atoms with Crippen molar-refractivity contribution in [3.8, 4) is 0 Å². The molecular weight excluding hydrogens is 691 g/mol. The number of unbranched alkanes of at least 4 members (excludes halogenated alkanes) is 29. The summed E-state index contributed by atoms with van der Waals surface area (Å²) in [4.78, 5) is 12.5. The molecule has 0 bridgehead atoms. The van der Waals surface area contributed by atoms with Gasteiger partial charge in [-0.3, -0.25) is 4.79 Å². The van der Waals surface area contributed by atoms with Gasteiger partial charge in [-0.2, -0.15) is 0 Å². The van der Waals surface area contributed by atoms with Crippen molar-refractivity contribution in [2.75, 3.05) is 6.61 Å². The van der Waals surface area contributed by atoms with E-state index in [-0.39, 0.29) is 18.9 Å². The van der Waals surface area contributed by atoms with Crippen LogP contribution in [0.4, 0.5) is 0 Å². The van der Waals surface area contributed by atoms with Gasteiger partial charge in [0.1, 0.15) is 0 Å². The van der Waals surface area contributed by atoms with Gasteiger partial charge in [0, 0.05) is 0 Å². The van der Waals surface area contributed by atoms with E-state index in [1.807, 2.05) is 6.08 Å². The zero-order chi connectivity index (χ0) is 40.8. The van der Waals surface area contributed by atoms with Crippen LogP contribution in [0.25, 0.3) is 0 Å². The zero-order valence-electron chi connectivity index (χ0n) is 37.3. The first kappa shape index (κ1) is 54.3. The van der Waals surface area contributed by atoms with Crippen molar-refractivity contribution < 1.29 is 20.1 Å². The zero-order valence-corrected chi connectivity index (χ0v) is 37.3. The molecule has 3 unspecified atom stereocenters. The molecule has 0 aliphatic rings. The van der Waals surface area contributed by atoms with Gasteiger partial charge in [-0.15, -0.1) is 0 Å². The first-order chi connectivity index (χ1) is 27.5. The van der Waals surface area contributed by atoms with Gasteiger partial charge in [-0.25, -0.2) is 0 Å². The van der Waals surface area contributed by atoms with E-state index in [1.165, 1.54) is 180 Å². The highest BCUT2D eigenvalue weighted by molar-refractivity contribution is 5.76. The summed E-state index contributed by atoms with van der Waals surface area (Å²) >= 11 is 0. The monoisotopic (exact) mass is 786 g/mol. The van der Waals surface area contributed by atoms with Crippen LogP contribution < -0.4 is 5.32 Å². The van der Waals surface area contributed by atoms with Crippen LogP contribution in [0.1, 0.15) is 245 Å². The molecule has 0 fully saturated rings. The predicted molar refractivity (Wildman–Crippen MR) is 245 cm³/mol. The lowest BCUT2D eigenvalue weighted by Gasteiger charge is -2.21. The molecule has 4 N–H and O–H groups in total. The average Bonchev–Trinajstić information content (AvgIpc) is 3.19. The lowest BCUT2D eigenvalue weighted by molar-refractivity contribution is -0.124. The van der Waals surface area contributed by atoms with Crippen LogP contribution in [-0.2, 0) is 4.79 Å². The quantitative estimate of drug-likeness (QED) is 0.0366.